The number of hydrogen-bond acceptors (Lipinski definition) is 17. The number of carbonyl (C=O) groups excluding carboxylic acids is 4. The average Bonchev–Trinajstić information content (AvgIpc) is 1.75. The van der Waals surface area contributed by atoms with E-state index in [4.69, 9.17) is 32.1 Å². The van der Waals surface area contributed by atoms with Crippen molar-refractivity contribution in [2.24, 2.45) is 29.0 Å². The topological polar surface area (TPSA) is 331 Å². The summed E-state index contributed by atoms with van der Waals surface area (Å²) in [7, 11) is -8.01. The van der Waals surface area contributed by atoms with Crippen LogP contribution in [0.5, 0.6) is 11.5 Å². The fourth-order valence-electron chi connectivity index (χ4n) is 16.1. The van der Waals surface area contributed by atoms with Gasteiger partial charge in [-0.2, -0.15) is 42.5 Å². The molecule has 6 aliphatic rings. The Hall–Kier alpha value is -8.96. The molecule has 7 N–H and O–H groups in total. The van der Waals surface area contributed by atoms with Crippen LogP contribution in [-0.4, -0.2) is 165 Å². The summed E-state index contributed by atoms with van der Waals surface area (Å²) in [4.78, 5) is 55.2. The number of piperidine rings is 1. The molecule has 0 bridgehead atoms. The summed E-state index contributed by atoms with van der Waals surface area (Å²) in [5.74, 6) is -5.81. The maximum atomic E-state index is 14.2. The van der Waals surface area contributed by atoms with E-state index < -0.39 is 71.2 Å². The van der Waals surface area contributed by atoms with E-state index in [-0.39, 0.29) is 76.8 Å². The summed E-state index contributed by atoms with van der Waals surface area (Å²) in [6.07, 6.45) is 14.1. The molecule has 0 radical (unpaired) electrons. The molecule has 6 fully saturated rings. The zero-order valence-corrected chi connectivity index (χ0v) is 63.5. The van der Waals surface area contributed by atoms with Crippen molar-refractivity contribution in [3.05, 3.63) is 171 Å². The van der Waals surface area contributed by atoms with Crippen molar-refractivity contribution in [1.29, 1.82) is 5.26 Å². The second-order valence-corrected chi connectivity index (χ2v) is 34.7. The van der Waals surface area contributed by atoms with E-state index in [0.29, 0.717) is 90.7 Å². The van der Waals surface area contributed by atoms with Crippen molar-refractivity contribution in [1.82, 2.24) is 44.0 Å². The number of likely N-dealkylation sites (tertiary alicyclic amines) is 3. The van der Waals surface area contributed by atoms with Crippen LogP contribution in [0.3, 0.4) is 0 Å². The molecule has 7 aromatic rings. The summed E-state index contributed by atoms with van der Waals surface area (Å²) < 4.78 is 137. The molecule has 3 saturated carbocycles. The highest BCUT2D eigenvalue weighted by Gasteiger charge is 2.51. The molecule has 31 heteroatoms. The first-order valence-corrected chi connectivity index (χ1v) is 40.4. The van der Waals surface area contributed by atoms with Crippen molar-refractivity contribution in [3.8, 4) is 17.6 Å². The number of aromatic nitrogens is 6. The molecular formula is C78H95F6N13O10S2. The van der Waals surface area contributed by atoms with Crippen LogP contribution in [0.1, 0.15) is 187 Å². The number of aromatic hydroxyl groups is 1. The molecule has 0 atom stereocenters. The van der Waals surface area contributed by atoms with Crippen molar-refractivity contribution in [3.63, 3.8) is 0 Å². The number of aryl methyl sites for hydroxylation is 1. The van der Waals surface area contributed by atoms with Gasteiger partial charge < -0.3 is 27.0 Å². The smallest absolute Gasteiger partial charge is 0.394 e. The van der Waals surface area contributed by atoms with Gasteiger partial charge in [-0.05, 0) is 169 Å². The van der Waals surface area contributed by atoms with Gasteiger partial charge in [-0.25, -0.2) is 21.2 Å². The molecule has 109 heavy (non-hydrogen) atoms. The molecule has 6 heterocycles. The number of hydrogen-bond donors (Lipinski definition) is 4. The number of rotatable bonds is 25. The van der Waals surface area contributed by atoms with Crippen LogP contribution in [0.2, 0.25) is 0 Å². The van der Waals surface area contributed by atoms with Gasteiger partial charge in [0, 0.05) is 107 Å². The van der Waals surface area contributed by atoms with Gasteiger partial charge in [0.25, 0.3) is 17.7 Å². The third-order valence-corrected chi connectivity index (χ3v) is 25.7. The highest BCUT2D eigenvalue weighted by atomic mass is 32.2. The molecule has 3 aromatic heterocycles. The molecule has 23 nitrogen and oxygen atoms in total. The fraction of sp³-hybridized carbons (Fsp3) is 0.513. The number of ether oxygens (including phenoxy) is 1. The summed E-state index contributed by atoms with van der Waals surface area (Å²) in [5.41, 5.74) is 20.7. The van der Waals surface area contributed by atoms with Gasteiger partial charge in [-0.15, -0.1) is 0 Å². The van der Waals surface area contributed by atoms with E-state index in [1.165, 1.54) is 48.0 Å². The zero-order valence-electron chi connectivity index (χ0n) is 61.9. The van der Waals surface area contributed by atoms with Crippen molar-refractivity contribution in [2.45, 2.75) is 206 Å². The molecule has 0 spiro atoms. The molecule has 4 aromatic carbocycles. The monoisotopic (exact) mass is 1550 g/mol. The largest absolute Gasteiger partial charge is 0.508 e. The Morgan fingerprint density at radius 2 is 1.11 bits per heavy atom. The number of primary amides is 3. The Kier molecular flexibility index (Phi) is 24.2. The summed E-state index contributed by atoms with van der Waals surface area (Å²) in [6.45, 7) is 11.8. The van der Waals surface area contributed by atoms with Crippen LogP contribution >= 0.6 is 0 Å². The molecule has 3 saturated heterocycles. The van der Waals surface area contributed by atoms with Crippen LogP contribution in [-0.2, 0) is 66.9 Å². The summed E-state index contributed by atoms with van der Waals surface area (Å²) >= 11 is 0. The quantitative estimate of drug-likeness (QED) is 0.0386. The predicted molar refractivity (Wildman–Crippen MR) is 393 cm³/mol. The fourth-order valence-corrected chi connectivity index (χ4v) is 17.4. The molecule has 3 aliphatic carbocycles. The van der Waals surface area contributed by atoms with Gasteiger partial charge in [0.1, 0.15) is 28.7 Å². The highest BCUT2D eigenvalue weighted by Crippen LogP contribution is 2.46. The van der Waals surface area contributed by atoms with E-state index in [1.54, 1.807) is 40.1 Å². The van der Waals surface area contributed by atoms with Gasteiger partial charge in [-0.3, -0.25) is 47.9 Å². The third-order valence-electron chi connectivity index (χ3n) is 23.2. The number of sulfone groups is 2. The minimum Gasteiger partial charge on any atom is -0.508 e. The lowest BCUT2D eigenvalue weighted by atomic mass is 9.76. The van der Waals surface area contributed by atoms with E-state index in [9.17, 15) is 72.7 Å². The number of nitrogens with zero attached hydrogens (tertiary/aromatic N) is 10. The lowest BCUT2D eigenvalue weighted by molar-refractivity contribution is -0.215. The Balaban J connectivity index is 0.000000163. The van der Waals surface area contributed by atoms with Gasteiger partial charge >= 0.3 is 11.9 Å². The van der Waals surface area contributed by atoms with Crippen LogP contribution in [0.4, 0.5) is 26.3 Å². The molecule has 0 unspecified atom stereocenters. The van der Waals surface area contributed by atoms with Crippen molar-refractivity contribution >= 4 is 43.2 Å². The molecule has 586 valence electrons. The number of nitrogens with two attached hydrogens (primary N) is 3. The van der Waals surface area contributed by atoms with Gasteiger partial charge in [-0.1, -0.05) is 55.8 Å². The lowest BCUT2D eigenvalue weighted by Gasteiger charge is -2.53. The van der Waals surface area contributed by atoms with Crippen LogP contribution in [0.15, 0.2) is 119 Å². The average molecular weight is 1550 g/mol. The Bertz CT molecular complexity index is 4710. The summed E-state index contributed by atoms with van der Waals surface area (Å²) in [5, 5.41) is 33.5. The molecule has 3 amide bonds. The number of halogens is 6. The van der Waals surface area contributed by atoms with E-state index in [1.807, 2.05) is 28.6 Å². The van der Waals surface area contributed by atoms with Crippen molar-refractivity contribution in [2.75, 3.05) is 45.5 Å². The zero-order chi connectivity index (χ0) is 78.8. The standard InChI is InChI=1S/C28H35N5O3.C26H29F3N4O4S.C24H31F3N4O3S/c1-19-3-7-22(8-4-19)36-27(2)17-32(18-27)21-9-11-28(12-10-21,13-14-29)33-16-23(26(30)35)24(31-33)15-25(34)20-5-6-20;1-2-26(9-11-32(12-10-26)15-18-14-19(34)5-8-22(18)27)33-16-21(24(30)35)23(31-33)13-17-3-6-20(7-4-17)38(36,37)25(28)29;1-3-23(10-8-18(9-11-23)30-13-17(14-30)24(25,26)27)31-15-20(22(28)32)21(29-31)12-16-4-6-19(7-5-16)35(2,33)34/h3-4,7-8,16,20-21H,5-6,9-13,15,17-18H2,1-2H3,(H2,30,35);3-8,14,16,25,34H,2,9-13,15H2,1H3,(H2,30,35);4-7,15,17-18H,3,8-14H2,1-2H3,(H2,28,32). The van der Waals surface area contributed by atoms with Crippen LogP contribution < -0.4 is 21.9 Å². The van der Waals surface area contributed by atoms with Crippen LogP contribution in [0.25, 0.3) is 0 Å². The molecule has 13 rings (SSSR count). The van der Waals surface area contributed by atoms with Gasteiger partial charge in [0.05, 0.1) is 85.0 Å². The number of phenols is 1. The van der Waals surface area contributed by atoms with E-state index in [0.717, 1.165) is 120 Å². The van der Waals surface area contributed by atoms with Crippen molar-refractivity contribution < 1.29 is 72.2 Å². The molecular weight excluding hydrogens is 1460 g/mol. The Morgan fingerprint density at radius 1 is 0.651 bits per heavy atom. The first-order valence-electron chi connectivity index (χ1n) is 36.9. The number of phenolic OH excluding ortho intramolecular Hbond substituents is 1. The Labute approximate surface area is 630 Å². The number of carbonyl (C=O) groups is 4. The number of alkyl halides is 5. The summed E-state index contributed by atoms with van der Waals surface area (Å²) in [6, 6.07) is 26.5. The minimum absolute atomic E-state index is 0.00894. The third kappa shape index (κ3) is 18.6. The van der Waals surface area contributed by atoms with Gasteiger partial charge in [0.2, 0.25) is 9.84 Å². The number of amides is 3. The first kappa shape index (κ1) is 81.0. The maximum absolute atomic E-state index is 14.2. The number of ketones is 1. The lowest BCUT2D eigenvalue weighted by Crippen LogP contribution is -2.66. The number of nitriles is 1. The van der Waals surface area contributed by atoms with Crippen LogP contribution in [0, 0.1) is 35.9 Å². The predicted octanol–water partition coefficient (Wildman–Crippen LogP) is 10.9. The van der Waals surface area contributed by atoms with E-state index in [2.05, 4.69) is 53.9 Å². The maximum Gasteiger partial charge on any atom is 0.394 e. The second kappa shape index (κ2) is 32.5. The Morgan fingerprint density at radius 3 is 1.57 bits per heavy atom. The molecule has 3 aliphatic heterocycles. The second-order valence-electron chi connectivity index (χ2n) is 30.7. The van der Waals surface area contributed by atoms with E-state index >= 15 is 0 Å². The number of benzene rings is 4. The normalized spacial score (nSPS) is 21.9. The SMILES string of the molecule is CCC1(n2cc(C(N)=O)c(Cc3ccc(S(=O)(=O)C(F)F)cc3)n2)CCN(Cc2cc(O)ccc2F)CC1.CCC1(n2cc(C(N)=O)c(Cc3ccc(S(C)(=O)=O)cc3)n2)CCC(N2CC(C(F)(F)F)C2)CC1.Cc1ccc(OC2(C)CN(C3CCC(CC#N)(n4cc(C(N)=O)c(CC(=O)C5CC5)n4)CC3)C2)cc1. The number of Topliss-reactive ketones (excluding diaryl/α,β-unsaturated/α-hetero) is 1. The first-order chi connectivity index (χ1) is 51.5. The minimum atomic E-state index is -4.70. The highest BCUT2D eigenvalue weighted by molar-refractivity contribution is 7.91. The van der Waals surface area contributed by atoms with Gasteiger partial charge in [0.15, 0.2) is 9.84 Å².